The van der Waals surface area contributed by atoms with Crippen LogP contribution in [0.5, 0.6) is 0 Å². The van der Waals surface area contributed by atoms with Crippen LogP contribution in [0.15, 0.2) is 36.4 Å². The van der Waals surface area contributed by atoms with Gasteiger partial charge in [-0.25, -0.2) is 4.79 Å². The summed E-state index contributed by atoms with van der Waals surface area (Å²) in [4.78, 5) is 92.0. The van der Waals surface area contributed by atoms with Crippen LogP contribution in [0.1, 0.15) is 38.7 Å². The van der Waals surface area contributed by atoms with Crippen molar-refractivity contribution in [1.82, 2.24) is 30.7 Å². The molecule has 18 heteroatoms. The zero-order valence-corrected chi connectivity index (χ0v) is 30.3. The zero-order valence-electron chi connectivity index (χ0n) is 30.3. The molecule has 0 radical (unpaired) electrons. The van der Waals surface area contributed by atoms with Gasteiger partial charge in [-0.3, -0.25) is 38.6 Å². The van der Waals surface area contributed by atoms with Crippen molar-refractivity contribution >= 4 is 47.2 Å². The molecule has 292 valence electrons. The summed E-state index contributed by atoms with van der Waals surface area (Å²) in [5, 5.41) is 20.1. The van der Waals surface area contributed by atoms with Gasteiger partial charge in [0, 0.05) is 63.5 Å². The monoisotopic (exact) mass is 744 g/mol. The van der Waals surface area contributed by atoms with Crippen molar-refractivity contribution < 1.29 is 48.1 Å². The maximum Gasteiger partial charge on any atom is 0.312 e. The minimum atomic E-state index is -1.00. The summed E-state index contributed by atoms with van der Waals surface area (Å²) in [5.41, 5.74) is 6.27. The molecule has 1 fully saturated rings. The lowest BCUT2D eigenvalue weighted by Crippen LogP contribution is -2.56. The van der Waals surface area contributed by atoms with E-state index in [1.165, 1.54) is 12.2 Å². The number of hydrogen-bond donors (Lipinski definition) is 6. The van der Waals surface area contributed by atoms with Gasteiger partial charge in [-0.15, -0.1) is 0 Å². The molecule has 2 atom stereocenters. The number of amides is 8. The van der Waals surface area contributed by atoms with Crippen LogP contribution in [-0.4, -0.2) is 146 Å². The van der Waals surface area contributed by atoms with E-state index in [0.717, 1.165) is 4.90 Å². The van der Waals surface area contributed by atoms with Crippen molar-refractivity contribution in [2.24, 2.45) is 11.7 Å². The first-order valence-electron chi connectivity index (χ1n) is 17.7. The number of benzene rings is 1. The molecular formula is C35H52N8O10. The predicted octanol–water partition coefficient (Wildman–Crippen LogP) is -1.32. The molecule has 1 aromatic carbocycles. The van der Waals surface area contributed by atoms with E-state index in [4.69, 9.17) is 15.2 Å². The number of aliphatic hydroxyl groups excluding tert-OH is 1. The second-order valence-electron chi connectivity index (χ2n) is 12.9. The van der Waals surface area contributed by atoms with Crippen molar-refractivity contribution in [3.63, 3.8) is 0 Å². The third-order valence-electron chi connectivity index (χ3n) is 8.56. The van der Waals surface area contributed by atoms with E-state index in [0.29, 0.717) is 30.8 Å². The number of carbonyl (C=O) groups excluding carboxylic acids is 7. The summed E-state index contributed by atoms with van der Waals surface area (Å²) in [5.74, 6) is -2.91. The quantitative estimate of drug-likeness (QED) is 0.0857. The fourth-order valence-electron chi connectivity index (χ4n) is 5.52. The Morgan fingerprint density at radius 3 is 2.04 bits per heavy atom. The summed E-state index contributed by atoms with van der Waals surface area (Å²) in [7, 11) is 0. The molecule has 1 aromatic rings. The smallest absolute Gasteiger partial charge is 0.312 e. The first-order valence-corrected chi connectivity index (χ1v) is 17.7. The van der Waals surface area contributed by atoms with Crippen LogP contribution in [-0.2, 0) is 44.8 Å². The van der Waals surface area contributed by atoms with Gasteiger partial charge in [-0.2, -0.15) is 0 Å². The molecule has 0 bridgehead atoms. The molecule has 0 unspecified atom stereocenters. The Morgan fingerprint density at radius 1 is 0.868 bits per heavy atom. The lowest BCUT2D eigenvalue weighted by atomic mass is 10.0. The SMILES string of the molecule is CC(C)[C@H](NC(=O)CN1CCOCCN(C(=O)CCN2C(=O)C=CC2=O)CCOCC1)C(=O)N[C@@H](CCCNC(N)=O)C(=O)Nc1ccc(CO)cc1. The Balaban J connectivity index is 1.52. The molecule has 3 rings (SSSR count). The Labute approximate surface area is 308 Å². The van der Waals surface area contributed by atoms with Gasteiger partial charge in [-0.1, -0.05) is 26.0 Å². The highest BCUT2D eigenvalue weighted by Crippen LogP contribution is 2.12. The van der Waals surface area contributed by atoms with Crippen molar-refractivity contribution in [2.75, 3.05) is 77.6 Å². The summed E-state index contributed by atoms with van der Waals surface area (Å²) in [6.07, 6.45) is 2.84. The second-order valence-corrected chi connectivity index (χ2v) is 12.9. The third kappa shape index (κ3) is 14.9. The molecule has 0 saturated carbocycles. The maximum absolute atomic E-state index is 13.5. The number of hydrogen-bond acceptors (Lipinski definition) is 11. The molecule has 18 nitrogen and oxygen atoms in total. The number of aliphatic hydroxyl groups is 1. The Morgan fingerprint density at radius 2 is 1.47 bits per heavy atom. The van der Waals surface area contributed by atoms with Crippen LogP contribution in [0.25, 0.3) is 0 Å². The van der Waals surface area contributed by atoms with Crippen LogP contribution in [0.2, 0.25) is 0 Å². The molecule has 1 saturated heterocycles. The number of anilines is 1. The molecule has 0 spiro atoms. The zero-order chi connectivity index (χ0) is 38.8. The van der Waals surface area contributed by atoms with Gasteiger partial charge in [0.25, 0.3) is 11.8 Å². The summed E-state index contributed by atoms with van der Waals surface area (Å²) in [6.45, 7) is 5.80. The van der Waals surface area contributed by atoms with Crippen LogP contribution in [0.4, 0.5) is 10.5 Å². The van der Waals surface area contributed by atoms with E-state index in [-0.39, 0.29) is 90.4 Å². The van der Waals surface area contributed by atoms with Crippen molar-refractivity contribution in [3.8, 4) is 0 Å². The molecule has 53 heavy (non-hydrogen) atoms. The second kappa shape index (κ2) is 22.2. The van der Waals surface area contributed by atoms with Gasteiger partial charge in [0.2, 0.25) is 23.6 Å². The normalized spacial score (nSPS) is 17.1. The highest BCUT2D eigenvalue weighted by atomic mass is 16.5. The van der Waals surface area contributed by atoms with Gasteiger partial charge >= 0.3 is 6.03 Å². The molecule has 2 aliphatic rings. The van der Waals surface area contributed by atoms with E-state index in [9.17, 15) is 38.7 Å². The minimum absolute atomic E-state index is 0.00820. The van der Waals surface area contributed by atoms with E-state index in [1.54, 1.807) is 43.0 Å². The summed E-state index contributed by atoms with van der Waals surface area (Å²) < 4.78 is 11.5. The van der Waals surface area contributed by atoms with E-state index in [1.807, 2.05) is 4.90 Å². The standard InChI is InChI=1S/C35H52N8O10/c1-24(2)32(34(50)39-27(4-3-12-37-35(36)51)33(49)38-26-7-5-25(23-44)6-8-26)40-28(45)22-41-14-18-52-20-16-42(17-21-53-19-15-41)29(46)11-13-43-30(47)9-10-31(43)48/h5-10,24,27,32,44H,3-4,11-23H2,1-2H3,(H,38,49)(H,39,50)(H,40,45)(H3,36,37,51)/t27-,32-/m0/s1. The molecular weight excluding hydrogens is 692 g/mol. The third-order valence-corrected chi connectivity index (χ3v) is 8.56. The summed E-state index contributed by atoms with van der Waals surface area (Å²) in [6, 6.07) is 3.89. The highest BCUT2D eigenvalue weighted by molar-refractivity contribution is 6.13. The van der Waals surface area contributed by atoms with Gasteiger partial charge in [0.1, 0.15) is 12.1 Å². The van der Waals surface area contributed by atoms with Crippen LogP contribution in [0, 0.1) is 5.92 Å². The number of urea groups is 1. The molecule has 2 aliphatic heterocycles. The molecule has 7 N–H and O–H groups in total. The van der Waals surface area contributed by atoms with E-state index in [2.05, 4.69) is 21.3 Å². The van der Waals surface area contributed by atoms with Crippen molar-refractivity contribution in [3.05, 3.63) is 42.0 Å². The number of primary amides is 1. The van der Waals surface area contributed by atoms with E-state index >= 15 is 0 Å². The number of nitrogens with two attached hydrogens (primary N) is 1. The number of rotatable bonds is 16. The van der Waals surface area contributed by atoms with Gasteiger partial charge in [0.05, 0.1) is 39.6 Å². The first-order chi connectivity index (χ1) is 25.4. The number of imide groups is 1. The van der Waals surface area contributed by atoms with E-state index < -0.39 is 47.7 Å². The maximum atomic E-state index is 13.5. The fraction of sp³-hybridized carbons (Fsp3) is 0.571. The average Bonchev–Trinajstić information content (AvgIpc) is 3.44. The predicted molar refractivity (Wildman–Crippen MR) is 192 cm³/mol. The van der Waals surface area contributed by atoms with Crippen molar-refractivity contribution in [1.29, 1.82) is 0 Å². The largest absolute Gasteiger partial charge is 0.392 e. The number of carbonyl (C=O) groups is 7. The number of nitrogens with zero attached hydrogens (tertiary/aromatic N) is 3. The topological polar surface area (TPSA) is 242 Å². The lowest BCUT2D eigenvalue weighted by Gasteiger charge is -2.28. The fourth-order valence-corrected chi connectivity index (χ4v) is 5.52. The minimum Gasteiger partial charge on any atom is -0.392 e. The number of ether oxygens (including phenoxy) is 2. The Hall–Kier alpha value is -4.91. The molecule has 0 aromatic heterocycles. The Bertz CT molecular complexity index is 1420. The van der Waals surface area contributed by atoms with Gasteiger partial charge in [0.15, 0.2) is 0 Å². The van der Waals surface area contributed by atoms with Crippen LogP contribution >= 0.6 is 0 Å². The molecule has 8 amide bonds. The summed E-state index contributed by atoms with van der Waals surface area (Å²) >= 11 is 0. The Kier molecular flexibility index (Phi) is 17.8. The van der Waals surface area contributed by atoms with Crippen LogP contribution < -0.4 is 27.0 Å². The van der Waals surface area contributed by atoms with Crippen molar-refractivity contribution in [2.45, 2.75) is 51.8 Å². The van der Waals surface area contributed by atoms with Gasteiger partial charge in [-0.05, 0) is 36.5 Å². The molecule has 2 heterocycles. The number of nitrogens with one attached hydrogen (secondary N) is 4. The first kappa shape index (κ1) is 42.5. The highest BCUT2D eigenvalue weighted by Gasteiger charge is 2.30. The lowest BCUT2D eigenvalue weighted by molar-refractivity contribution is -0.139. The van der Waals surface area contributed by atoms with Gasteiger partial charge < -0.3 is 46.5 Å². The average molecular weight is 745 g/mol. The van der Waals surface area contributed by atoms with Crippen LogP contribution in [0.3, 0.4) is 0 Å². The molecule has 0 aliphatic carbocycles.